The SMILES string of the molecule is CCOC(C)C(NC)C1CCc2cccnc21. The van der Waals surface area contributed by atoms with Crippen molar-refractivity contribution in [2.75, 3.05) is 13.7 Å². The smallest absolute Gasteiger partial charge is 0.0706 e. The molecule has 1 aromatic heterocycles. The van der Waals surface area contributed by atoms with Crippen molar-refractivity contribution in [1.82, 2.24) is 10.3 Å². The highest BCUT2D eigenvalue weighted by Crippen LogP contribution is 2.35. The van der Waals surface area contributed by atoms with Crippen LogP contribution in [0.3, 0.4) is 0 Å². The van der Waals surface area contributed by atoms with Crippen molar-refractivity contribution >= 4 is 0 Å². The van der Waals surface area contributed by atoms with Crippen molar-refractivity contribution in [3.63, 3.8) is 0 Å². The highest BCUT2D eigenvalue weighted by atomic mass is 16.5. The second kappa shape index (κ2) is 5.61. The third-order valence-corrected chi connectivity index (χ3v) is 3.70. The fourth-order valence-electron chi connectivity index (χ4n) is 2.92. The monoisotopic (exact) mass is 234 g/mol. The maximum Gasteiger partial charge on any atom is 0.0706 e. The quantitative estimate of drug-likeness (QED) is 0.847. The van der Waals surface area contributed by atoms with Gasteiger partial charge in [0.05, 0.1) is 6.10 Å². The Balaban J connectivity index is 2.17. The van der Waals surface area contributed by atoms with Crippen LogP contribution in [0, 0.1) is 0 Å². The van der Waals surface area contributed by atoms with Crippen LogP contribution in [-0.2, 0) is 11.2 Å². The summed E-state index contributed by atoms with van der Waals surface area (Å²) in [6.45, 7) is 4.96. The van der Waals surface area contributed by atoms with E-state index in [1.54, 1.807) is 0 Å². The maximum atomic E-state index is 5.73. The van der Waals surface area contributed by atoms with Crippen molar-refractivity contribution in [2.24, 2.45) is 0 Å². The lowest BCUT2D eigenvalue weighted by Crippen LogP contribution is -2.42. The molecular formula is C14H22N2O. The van der Waals surface area contributed by atoms with E-state index >= 15 is 0 Å². The summed E-state index contributed by atoms with van der Waals surface area (Å²) in [5, 5.41) is 3.40. The first-order valence-electron chi connectivity index (χ1n) is 6.50. The first-order chi connectivity index (χ1) is 8.27. The largest absolute Gasteiger partial charge is 0.377 e. The molecule has 17 heavy (non-hydrogen) atoms. The van der Waals surface area contributed by atoms with E-state index in [0.717, 1.165) is 13.0 Å². The van der Waals surface area contributed by atoms with Gasteiger partial charge < -0.3 is 10.1 Å². The Bertz CT molecular complexity index is 367. The van der Waals surface area contributed by atoms with E-state index in [1.165, 1.54) is 17.7 Å². The minimum atomic E-state index is 0.225. The molecule has 0 bridgehead atoms. The zero-order chi connectivity index (χ0) is 12.3. The number of pyridine rings is 1. The Hall–Kier alpha value is -0.930. The van der Waals surface area contributed by atoms with Crippen LogP contribution in [0.1, 0.15) is 37.4 Å². The molecule has 0 aliphatic heterocycles. The third kappa shape index (κ3) is 2.50. The average molecular weight is 234 g/mol. The predicted octanol–water partition coefficient (Wildman–Crippen LogP) is 2.12. The summed E-state index contributed by atoms with van der Waals surface area (Å²) in [6, 6.07) is 4.58. The lowest BCUT2D eigenvalue weighted by atomic mass is 9.93. The minimum Gasteiger partial charge on any atom is -0.377 e. The number of likely N-dealkylation sites (N-methyl/N-ethyl adjacent to an activating group) is 1. The van der Waals surface area contributed by atoms with Gasteiger partial charge in [-0.2, -0.15) is 0 Å². The van der Waals surface area contributed by atoms with Gasteiger partial charge in [0.2, 0.25) is 0 Å². The summed E-state index contributed by atoms with van der Waals surface area (Å²) in [6.07, 6.45) is 4.44. The van der Waals surface area contributed by atoms with E-state index in [-0.39, 0.29) is 6.10 Å². The third-order valence-electron chi connectivity index (χ3n) is 3.70. The standard InChI is InChI=1S/C14H22N2O/c1-4-17-10(2)13(15-3)12-8-7-11-6-5-9-16-14(11)12/h5-6,9-10,12-13,15H,4,7-8H2,1-3H3. The molecule has 0 spiro atoms. The second-order valence-electron chi connectivity index (χ2n) is 4.67. The van der Waals surface area contributed by atoms with Gasteiger partial charge >= 0.3 is 0 Å². The van der Waals surface area contributed by atoms with Crippen LogP contribution >= 0.6 is 0 Å². The normalized spacial score (nSPS) is 22.2. The lowest BCUT2D eigenvalue weighted by molar-refractivity contribution is 0.0416. The molecule has 3 heteroatoms. The summed E-state index contributed by atoms with van der Waals surface area (Å²) < 4.78 is 5.73. The number of hydrogen-bond acceptors (Lipinski definition) is 3. The summed E-state index contributed by atoms with van der Waals surface area (Å²) in [7, 11) is 2.02. The Morgan fingerprint density at radius 3 is 3.12 bits per heavy atom. The molecule has 0 amide bonds. The predicted molar refractivity (Wildman–Crippen MR) is 69.2 cm³/mol. The van der Waals surface area contributed by atoms with Gasteiger partial charge in [-0.25, -0.2) is 0 Å². The van der Waals surface area contributed by atoms with Gasteiger partial charge in [-0.1, -0.05) is 6.07 Å². The van der Waals surface area contributed by atoms with Crippen molar-refractivity contribution in [1.29, 1.82) is 0 Å². The molecule has 3 unspecified atom stereocenters. The lowest BCUT2D eigenvalue weighted by Gasteiger charge is -2.29. The molecule has 94 valence electrons. The molecule has 3 nitrogen and oxygen atoms in total. The number of fused-ring (bicyclic) bond motifs is 1. The van der Waals surface area contributed by atoms with Gasteiger partial charge in [0.1, 0.15) is 0 Å². The van der Waals surface area contributed by atoms with Crippen LogP contribution in [-0.4, -0.2) is 30.8 Å². The van der Waals surface area contributed by atoms with E-state index in [1.807, 2.05) is 26.2 Å². The van der Waals surface area contributed by atoms with Gasteiger partial charge in [0.25, 0.3) is 0 Å². The van der Waals surface area contributed by atoms with Crippen LogP contribution in [0.15, 0.2) is 18.3 Å². The Morgan fingerprint density at radius 1 is 1.59 bits per heavy atom. The molecule has 3 atom stereocenters. The van der Waals surface area contributed by atoms with E-state index in [9.17, 15) is 0 Å². The Morgan fingerprint density at radius 2 is 2.41 bits per heavy atom. The molecule has 0 aromatic carbocycles. The van der Waals surface area contributed by atoms with Gasteiger partial charge in [0.15, 0.2) is 0 Å². The molecule has 0 radical (unpaired) electrons. The van der Waals surface area contributed by atoms with Crippen LogP contribution in [0.2, 0.25) is 0 Å². The number of nitrogens with one attached hydrogen (secondary N) is 1. The van der Waals surface area contributed by atoms with Gasteiger partial charge in [-0.15, -0.1) is 0 Å². The molecule has 0 fully saturated rings. The van der Waals surface area contributed by atoms with Crippen molar-refractivity contribution in [3.8, 4) is 0 Å². The molecule has 1 aliphatic rings. The van der Waals surface area contributed by atoms with Crippen molar-refractivity contribution < 1.29 is 4.74 Å². The van der Waals surface area contributed by atoms with Crippen LogP contribution in [0.5, 0.6) is 0 Å². The minimum absolute atomic E-state index is 0.225. The Kier molecular flexibility index (Phi) is 4.13. The van der Waals surface area contributed by atoms with Gasteiger partial charge in [0, 0.05) is 30.5 Å². The van der Waals surface area contributed by atoms with Crippen molar-refractivity contribution in [3.05, 3.63) is 29.6 Å². The fourth-order valence-corrected chi connectivity index (χ4v) is 2.92. The molecule has 1 N–H and O–H groups in total. The second-order valence-corrected chi connectivity index (χ2v) is 4.67. The van der Waals surface area contributed by atoms with Crippen molar-refractivity contribution in [2.45, 2.75) is 44.8 Å². The number of nitrogens with zero attached hydrogens (tertiary/aromatic N) is 1. The number of ether oxygens (including phenoxy) is 1. The zero-order valence-electron chi connectivity index (χ0n) is 10.9. The summed E-state index contributed by atoms with van der Waals surface area (Å²) in [5.74, 6) is 0.484. The number of hydrogen-bond donors (Lipinski definition) is 1. The summed E-state index contributed by atoms with van der Waals surface area (Å²) >= 11 is 0. The molecule has 0 saturated carbocycles. The zero-order valence-corrected chi connectivity index (χ0v) is 10.9. The molecular weight excluding hydrogens is 212 g/mol. The van der Waals surface area contributed by atoms with E-state index in [2.05, 4.69) is 23.3 Å². The maximum absolute atomic E-state index is 5.73. The number of aromatic nitrogens is 1. The van der Waals surface area contributed by atoms with E-state index in [0.29, 0.717) is 12.0 Å². The van der Waals surface area contributed by atoms with Gasteiger partial charge in [-0.3, -0.25) is 4.98 Å². The number of aryl methyl sites for hydroxylation is 1. The molecule has 1 aliphatic carbocycles. The average Bonchev–Trinajstić information content (AvgIpc) is 2.75. The molecule has 1 aromatic rings. The summed E-state index contributed by atoms with van der Waals surface area (Å²) in [5.41, 5.74) is 2.67. The first-order valence-corrected chi connectivity index (χ1v) is 6.50. The number of rotatable bonds is 5. The first kappa shape index (κ1) is 12.5. The van der Waals surface area contributed by atoms with Gasteiger partial charge in [-0.05, 0) is 45.4 Å². The molecule has 2 rings (SSSR count). The van der Waals surface area contributed by atoms with Crippen LogP contribution < -0.4 is 5.32 Å². The van der Waals surface area contributed by atoms with E-state index in [4.69, 9.17) is 4.74 Å². The molecule has 1 heterocycles. The highest BCUT2D eigenvalue weighted by Gasteiger charge is 2.33. The van der Waals surface area contributed by atoms with Crippen LogP contribution in [0.4, 0.5) is 0 Å². The highest BCUT2D eigenvalue weighted by molar-refractivity contribution is 5.30. The van der Waals surface area contributed by atoms with Crippen LogP contribution in [0.25, 0.3) is 0 Å². The Labute approximate surface area is 104 Å². The summed E-state index contributed by atoms with van der Waals surface area (Å²) in [4.78, 5) is 4.56. The molecule has 0 saturated heterocycles. The van der Waals surface area contributed by atoms with E-state index < -0.39 is 0 Å². The fraction of sp³-hybridized carbons (Fsp3) is 0.643. The topological polar surface area (TPSA) is 34.1 Å².